The number of hydrogen-bond acceptors (Lipinski definition) is 3. The Labute approximate surface area is 125 Å². The Morgan fingerprint density at radius 1 is 1.29 bits per heavy atom. The fourth-order valence-corrected chi connectivity index (χ4v) is 2.36. The summed E-state index contributed by atoms with van der Waals surface area (Å²) < 4.78 is 28.8. The molecule has 0 fully saturated rings. The van der Waals surface area contributed by atoms with Crippen molar-refractivity contribution < 1.29 is 18.6 Å². The molecule has 1 aromatic carbocycles. The predicted molar refractivity (Wildman–Crippen MR) is 79.6 cm³/mol. The Morgan fingerprint density at radius 3 is 2.67 bits per heavy atom. The largest absolute Gasteiger partial charge is 0.435 e. The van der Waals surface area contributed by atoms with Crippen molar-refractivity contribution in [1.82, 2.24) is 5.32 Å². The van der Waals surface area contributed by atoms with Gasteiger partial charge in [0, 0.05) is 12.6 Å². The van der Waals surface area contributed by atoms with Crippen LogP contribution in [0.4, 0.5) is 8.78 Å². The molecular formula is C16H25F2NO2. The fourth-order valence-electron chi connectivity index (χ4n) is 2.36. The molecule has 0 aromatic heterocycles. The average molecular weight is 301 g/mol. The van der Waals surface area contributed by atoms with E-state index in [1.807, 2.05) is 13.0 Å². The Balaban J connectivity index is 2.55. The average Bonchev–Trinajstić information content (AvgIpc) is 2.44. The summed E-state index contributed by atoms with van der Waals surface area (Å²) in [6.45, 7) is 2.30. The van der Waals surface area contributed by atoms with E-state index in [9.17, 15) is 8.78 Å². The highest BCUT2D eigenvalue weighted by molar-refractivity contribution is 5.30. The molecule has 1 rings (SSSR count). The van der Waals surface area contributed by atoms with Gasteiger partial charge in [0.25, 0.3) is 0 Å². The van der Waals surface area contributed by atoms with Gasteiger partial charge in [-0.05, 0) is 49.9 Å². The molecule has 120 valence electrons. The molecule has 2 N–H and O–H groups in total. The van der Waals surface area contributed by atoms with Gasteiger partial charge in [0.1, 0.15) is 5.75 Å². The van der Waals surface area contributed by atoms with E-state index < -0.39 is 6.61 Å². The number of hydrogen-bond donors (Lipinski definition) is 2. The van der Waals surface area contributed by atoms with E-state index in [2.05, 4.69) is 17.0 Å². The third kappa shape index (κ3) is 6.87. The lowest BCUT2D eigenvalue weighted by Crippen LogP contribution is -2.26. The van der Waals surface area contributed by atoms with Crippen LogP contribution in [0, 0.1) is 5.92 Å². The summed E-state index contributed by atoms with van der Waals surface area (Å²) in [5, 5.41) is 12.4. The molecule has 1 aromatic rings. The second-order valence-electron chi connectivity index (χ2n) is 5.25. The maximum absolute atomic E-state index is 12.2. The lowest BCUT2D eigenvalue weighted by atomic mass is 9.99. The first-order valence-corrected chi connectivity index (χ1v) is 7.45. The zero-order valence-electron chi connectivity index (χ0n) is 12.7. The molecule has 0 bridgehead atoms. The van der Waals surface area contributed by atoms with Crippen LogP contribution in [-0.4, -0.2) is 24.9 Å². The van der Waals surface area contributed by atoms with Crippen LogP contribution in [0.2, 0.25) is 0 Å². The smallest absolute Gasteiger partial charge is 0.387 e. The van der Waals surface area contributed by atoms with Gasteiger partial charge in [-0.1, -0.05) is 25.5 Å². The molecule has 5 heteroatoms. The van der Waals surface area contributed by atoms with Crippen molar-refractivity contribution in [2.45, 2.75) is 45.8 Å². The predicted octanol–water partition coefficient (Wildman–Crippen LogP) is 3.74. The molecule has 0 radical (unpaired) electrons. The van der Waals surface area contributed by atoms with E-state index in [0.717, 1.165) is 31.4 Å². The van der Waals surface area contributed by atoms with Crippen LogP contribution in [-0.2, 0) is 0 Å². The highest BCUT2D eigenvalue weighted by Gasteiger charge is 2.12. The Hall–Kier alpha value is -1.20. The first-order chi connectivity index (χ1) is 10.1. The van der Waals surface area contributed by atoms with Gasteiger partial charge >= 0.3 is 6.61 Å². The first kappa shape index (κ1) is 17.9. The van der Waals surface area contributed by atoms with Crippen LogP contribution in [0.1, 0.15) is 44.7 Å². The second-order valence-corrected chi connectivity index (χ2v) is 5.25. The van der Waals surface area contributed by atoms with E-state index in [1.165, 1.54) is 6.07 Å². The van der Waals surface area contributed by atoms with Gasteiger partial charge in [-0.2, -0.15) is 8.78 Å². The molecule has 0 heterocycles. The summed E-state index contributed by atoms with van der Waals surface area (Å²) in [5.74, 6) is 0.611. The first-order valence-electron chi connectivity index (χ1n) is 7.45. The van der Waals surface area contributed by atoms with Gasteiger partial charge < -0.3 is 15.2 Å². The highest BCUT2D eigenvalue weighted by Crippen LogP contribution is 2.21. The summed E-state index contributed by atoms with van der Waals surface area (Å²) >= 11 is 0. The molecule has 2 atom stereocenters. The van der Waals surface area contributed by atoms with Crippen molar-refractivity contribution >= 4 is 0 Å². The number of alkyl halides is 2. The lowest BCUT2D eigenvalue weighted by Gasteiger charge is -2.20. The number of halogens is 2. The number of aliphatic hydroxyl groups is 1. The molecule has 0 aliphatic rings. The van der Waals surface area contributed by atoms with Crippen LogP contribution in [0.3, 0.4) is 0 Å². The molecule has 0 aliphatic heterocycles. The molecule has 0 amide bonds. The van der Waals surface area contributed by atoms with Gasteiger partial charge in [-0.15, -0.1) is 0 Å². The van der Waals surface area contributed by atoms with Crippen molar-refractivity contribution in [3.05, 3.63) is 29.8 Å². The monoisotopic (exact) mass is 301 g/mol. The van der Waals surface area contributed by atoms with Crippen molar-refractivity contribution in [2.75, 3.05) is 13.2 Å². The number of nitrogens with one attached hydrogen (secondary N) is 1. The number of rotatable bonds is 10. The molecule has 3 nitrogen and oxygen atoms in total. The number of aliphatic hydroxyl groups excluding tert-OH is 1. The summed E-state index contributed by atoms with van der Waals surface area (Å²) in [6, 6.07) is 6.79. The molecule has 0 saturated heterocycles. The van der Waals surface area contributed by atoms with Crippen LogP contribution >= 0.6 is 0 Å². The van der Waals surface area contributed by atoms with Crippen LogP contribution in [0.15, 0.2) is 24.3 Å². The van der Waals surface area contributed by atoms with E-state index in [1.54, 1.807) is 12.1 Å². The van der Waals surface area contributed by atoms with Crippen molar-refractivity contribution in [3.8, 4) is 5.75 Å². The molecular weight excluding hydrogens is 276 g/mol. The minimum absolute atomic E-state index is 0.0456. The topological polar surface area (TPSA) is 41.5 Å². The lowest BCUT2D eigenvalue weighted by molar-refractivity contribution is -0.0499. The van der Waals surface area contributed by atoms with Gasteiger partial charge in [-0.3, -0.25) is 0 Å². The van der Waals surface area contributed by atoms with E-state index in [-0.39, 0.29) is 18.4 Å². The minimum atomic E-state index is -2.80. The minimum Gasteiger partial charge on any atom is -0.435 e. The molecule has 0 aliphatic carbocycles. The van der Waals surface area contributed by atoms with E-state index in [0.29, 0.717) is 5.92 Å². The fraction of sp³-hybridized carbons (Fsp3) is 0.625. The van der Waals surface area contributed by atoms with Gasteiger partial charge in [0.2, 0.25) is 0 Å². The van der Waals surface area contributed by atoms with Gasteiger partial charge in [0.05, 0.1) is 0 Å². The van der Waals surface area contributed by atoms with Crippen LogP contribution in [0.5, 0.6) is 5.75 Å². The van der Waals surface area contributed by atoms with E-state index >= 15 is 0 Å². The van der Waals surface area contributed by atoms with Crippen molar-refractivity contribution in [2.24, 2.45) is 5.92 Å². The Kier molecular flexibility index (Phi) is 8.23. The van der Waals surface area contributed by atoms with E-state index in [4.69, 9.17) is 5.11 Å². The van der Waals surface area contributed by atoms with Gasteiger partial charge in [0.15, 0.2) is 0 Å². The zero-order valence-corrected chi connectivity index (χ0v) is 12.7. The molecule has 21 heavy (non-hydrogen) atoms. The summed E-state index contributed by atoms with van der Waals surface area (Å²) in [7, 11) is 0. The standard InChI is InChI=1S/C16H25F2NO2/c1-3-5-13(8-9-20)11-19-12(2)14-6-4-7-15(10-14)21-16(17)18/h4,6-7,10,12-13,16,19-20H,3,5,8-9,11H2,1-2H3. The van der Waals surface area contributed by atoms with Crippen molar-refractivity contribution in [3.63, 3.8) is 0 Å². The number of benzene rings is 1. The summed E-state index contributed by atoms with van der Waals surface area (Å²) in [5.41, 5.74) is 0.910. The summed E-state index contributed by atoms with van der Waals surface area (Å²) in [4.78, 5) is 0. The second kappa shape index (κ2) is 9.68. The van der Waals surface area contributed by atoms with Crippen LogP contribution < -0.4 is 10.1 Å². The Morgan fingerprint density at radius 2 is 2.05 bits per heavy atom. The number of ether oxygens (including phenoxy) is 1. The maximum Gasteiger partial charge on any atom is 0.387 e. The maximum atomic E-state index is 12.2. The molecule has 0 spiro atoms. The highest BCUT2D eigenvalue weighted by atomic mass is 19.3. The summed E-state index contributed by atoms with van der Waals surface area (Å²) in [6.07, 6.45) is 2.93. The molecule has 2 unspecified atom stereocenters. The zero-order chi connectivity index (χ0) is 15.7. The van der Waals surface area contributed by atoms with Gasteiger partial charge in [-0.25, -0.2) is 0 Å². The SMILES string of the molecule is CCCC(CCO)CNC(C)c1cccc(OC(F)F)c1. The van der Waals surface area contributed by atoms with Crippen molar-refractivity contribution in [1.29, 1.82) is 0 Å². The third-order valence-electron chi connectivity index (χ3n) is 3.53. The quantitative estimate of drug-likeness (QED) is 0.692. The molecule has 0 saturated carbocycles. The van der Waals surface area contributed by atoms with Crippen LogP contribution in [0.25, 0.3) is 0 Å². The third-order valence-corrected chi connectivity index (χ3v) is 3.53. The Bertz CT molecular complexity index is 396. The normalized spacial score (nSPS) is 14.2.